The number of nitro groups is 1. The highest BCUT2D eigenvalue weighted by Crippen LogP contribution is 2.30. The summed E-state index contributed by atoms with van der Waals surface area (Å²) in [6, 6.07) is 4.30. The van der Waals surface area contributed by atoms with E-state index in [1.807, 2.05) is 6.92 Å². The Morgan fingerprint density at radius 2 is 2.24 bits per heavy atom. The van der Waals surface area contributed by atoms with Gasteiger partial charge in [-0.15, -0.1) is 0 Å². The number of carbonyl (C=O) groups is 1. The van der Waals surface area contributed by atoms with Crippen LogP contribution in [0.1, 0.15) is 23.7 Å². The summed E-state index contributed by atoms with van der Waals surface area (Å²) in [6.07, 6.45) is 0.0252. The molecule has 0 aromatic heterocycles. The summed E-state index contributed by atoms with van der Waals surface area (Å²) in [6.45, 7) is 2.59. The first-order valence-electron chi connectivity index (χ1n) is 6.74. The van der Waals surface area contributed by atoms with E-state index in [2.05, 4.69) is 0 Å². The molecule has 1 aliphatic heterocycles. The number of carbonyl (C=O) groups excluding carboxylic acids is 1. The monoisotopic (exact) mass is 294 g/mol. The van der Waals surface area contributed by atoms with Crippen molar-refractivity contribution >= 4 is 11.6 Å². The minimum absolute atomic E-state index is 0.0337. The number of amides is 1. The van der Waals surface area contributed by atoms with Gasteiger partial charge in [0.1, 0.15) is 5.75 Å². The molecular formula is C14H18N2O5. The van der Waals surface area contributed by atoms with Gasteiger partial charge in [0, 0.05) is 19.2 Å². The molecule has 0 radical (unpaired) electrons. The zero-order valence-corrected chi connectivity index (χ0v) is 12.0. The van der Waals surface area contributed by atoms with Crippen molar-refractivity contribution in [3.05, 3.63) is 33.9 Å². The van der Waals surface area contributed by atoms with Gasteiger partial charge in [0.15, 0.2) is 5.56 Å². The molecule has 1 aromatic rings. The average Bonchev–Trinajstić information content (AvgIpc) is 2.48. The van der Waals surface area contributed by atoms with E-state index < -0.39 is 16.9 Å². The topological polar surface area (TPSA) is 92.9 Å². The first-order chi connectivity index (χ1) is 9.95. The summed E-state index contributed by atoms with van der Waals surface area (Å²) < 4.78 is 5.09. The largest absolute Gasteiger partial charge is 0.496 e. The molecule has 21 heavy (non-hydrogen) atoms. The Labute approximate surface area is 122 Å². The van der Waals surface area contributed by atoms with E-state index in [9.17, 15) is 20.0 Å². The number of piperidine rings is 1. The van der Waals surface area contributed by atoms with Crippen molar-refractivity contribution < 1.29 is 19.6 Å². The standard InChI is InChI=1S/C14H18N2O5/c1-9-8-15(7-6-11(9)17)14(18)13-10(16(19)20)4-3-5-12(13)21-2/h3-5,9,11,17H,6-8H2,1-2H3. The van der Waals surface area contributed by atoms with Gasteiger partial charge in [0.2, 0.25) is 0 Å². The molecular weight excluding hydrogens is 276 g/mol. The summed E-state index contributed by atoms with van der Waals surface area (Å²) in [5, 5.41) is 20.9. The van der Waals surface area contributed by atoms with Crippen LogP contribution in [-0.2, 0) is 0 Å². The van der Waals surface area contributed by atoms with Crippen molar-refractivity contribution in [2.75, 3.05) is 20.2 Å². The first kappa shape index (κ1) is 15.2. The van der Waals surface area contributed by atoms with Gasteiger partial charge in [-0.2, -0.15) is 0 Å². The van der Waals surface area contributed by atoms with Crippen LogP contribution in [0.5, 0.6) is 5.75 Å². The lowest BCUT2D eigenvalue weighted by molar-refractivity contribution is -0.385. The summed E-state index contributed by atoms with van der Waals surface area (Å²) in [5.41, 5.74) is -0.299. The van der Waals surface area contributed by atoms with Crippen molar-refractivity contribution in [3.63, 3.8) is 0 Å². The minimum atomic E-state index is -0.585. The zero-order chi connectivity index (χ0) is 15.6. The SMILES string of the molecule is COc1cccc([N+](=O)[O-])c1C(=O)N1CCC(O)C(C)C1. The van der Waals surface area contributed by atoms with E-state index in [1.165, 1.54) is 30.2 Å². The van der Waals surface area contributed by atoms with Crippen LogP contribution in [0.25, 0.3) is 0 Å². The third-order valence-electron chi connectivity index (χ3n) is 3.78. The van der Waals surface area contributed by atoms with Crippen LogP contribution >= 0.6 is 0 Å². The normalized spacial score (nSPS) is 22.0. The third-order valence-corrected chi connectivity index (χ3v) is 3.78. The van der Waals surface area contributed by atoms with E-state index >= 15 is 0 Å². The van der Waals surface area contributed by atoms with Gasteiger partial charge in [-0.3, -0.25) is 14.9 Å². The molecule has 1 heterocycles. The summed E-state index contributed by atoms with van der Waals surface area (Å²) in [5.74, 6) is -0.303. The van der Waals surface area contributed by atoms with Gasteiger partial charge in [-0.25, -0.2) is 0 Å². The predicted octanol–water partition coefficient (Wildman–Crippen LogP) is 1.45. The maximum absolute atomic E-state index is 12.6. The lowest BCUT2D eigenvalue weighted by atomic mass is 9.96. The van der Waals surface area contributed by atoms with Crippen LogP contribution in [-0.4, -0.2) is 47.1 Å². The van der Waals surface area contributed by atoms with Gasteiger partial charge in [0.25, 0.3) is 11.6 Å². The van der Waals surface area contributed by atoms with Crippen LogP contribution < -0.4 is 4.74 Å². The van der Waals surface area contributed by atoms with Crippen molar-refractivity contribution in [1.82, 2.24) is 4.90 Å². The summed E-state index contributed by atoms with van der Waals surface area (Å²) >= 11 is 0. The third kappa shape index (κ3) is 2.97. The number of aliphatic hydroxyl groups is 1. The van der Waals surface area contributed by atoms with Crippen LogP contribution in [0.3, 0.4) is 0 Å². The fourth-order valence-electron chi connectivity index (χ4n) is 2.53. The molecule has 7 heteroatoms. The van der Waals surface area contributed by atoms with E-state index in [0.29, 0.717) is 19.5 Å². The number of rotatable bonds is 3. The molecule has 0 spiro atoms. The molecule has 1 aromatic carbocycles. The number of hydrogen-bond acceptors (Lipinski definition) is 5. The Kier molecular flexibility index (Phi) is 4.42. The highest BCUT2D eigenvalue weighted by molar-refractivity contribution is 6.01. The van der Waals surface area contributed by atoms with Gasteiger partial charge in [-0.1, -0.05) is 13.0 Å². The van der Waals surface area contributed by atoms with Crippen LogP contribution in [0.2, 0.25) is 0 Å². The van der Waals surface area contributed by atoms with E-state index in [1.54, 1.807) is 0 Å². The maximum atomic E-state index is 12.6. The smallest absolute Gasteiger partial charge is 0.285 e. The number of methoxy groups -OCH3 is 1. The number of hydrogen-bond donors (Lipinski definition) is 1. The quantitative estimate of drug-likeness (QED) is 0.672. The summed E-state index contributed by atoms with van der Waals surface area (Å²) in [7, 11) is 1.37. The molecule has 2 rings (SSSR count). The van der Waals surface area contributed by atoms with Gasteiger partial charge < -0.3 is 14.7 Å². The second-order valence-corrected chi connectivity index (χ2v) is 5.20. The van der Waals surface area contributed by atoms with E-state index in [0.717, 1.165) is 0 Å². The molecule has 2 unspecified atom stereocenters. The lowest BCUT2D eigenvalue weighted by Gasteiger charge is -2.34. The fourth-order valence-corrected chi connectivity index (χ4v) is 2.53. The average molecular weight is 294 g/mol. The molecule has 1 amide bonds. The minimum Gasteiger partial charge on any atom is -0.496 e. The molecule has 1 fully saturated rings. The highest BCUT2D eigenvalue weighted by Gasteiger charge is 2.33. The molecule has 0 aliphatic carbocycles. The number of ether oxygens (including phenoxy) is 1. The Bertz CT molecular complexity index is 560. The van der Waals surface area contributed by atoms with Crippen molar-refractivity contribution in [1.29, 1.82) is 0 Å². The second kappa shape index (κ2) is 6.09. The molecule has 114 valence electrons. The second-order valence-electron chi connectivity index (χ2n) is 5.20. The number of nitrogens with zero attached hydrogens (tertiary/aromatic N) is 2. The first-order valence-corrected chi connectivity index (χ1v) is 6.74. The molecule has 0 saturated carbocycles. The van der Waals surface area contributed by atoms with Crippen LogP contribution in [0.4, 0.5) is 5.69 Å². The van der Waals surface area contributed by atoms with Crippen molar-refractivity contribution in [3.8, 4) is 5.75 Å². The molecule has 2 atom stereocenters. The number of benzene rings is 1. The lowest BCUT2D eigenvalue weighted by Crippen LogP contribution is -2.45. The van der Waals surface area contributed by atoms with Crippen LogP contribution in [0, 0.1) is 16.0 Å². The molecule has 1 aliphatic rings. The van der Waals surface area contributed by atoms with Crippen LogP contribution in [0.15, 0.2) is 18.2 Å². The van der Waals surface area contributed by atoms with Gasteiger partial charge in [-0.05, 0) is 18.4 Å². The zero-order valence-electron chi connectivity index (χ0n) is 12.0. The molecule has 1 saturated heterocycles. The maximum Gasteiger partial charge on any atom is 0.285 e. The van der Waals surface area contributed by atoms with E-state index in [4.69, 9.17) is 4.74 Å². The predicted molar refractivity (Wildman–Crippen MR) is 75.3 cm³/mol. The number of aliphatic hydroxyl groups excluding tert-OH is 1. The number of nitro benzene ring substituents is 1. The Morgan fingerprint density at radius 3 is 2.81 bits per heavy atom. The Hall–Kier alpha value is -2.15. The van der Waals surface area contributed by atoms with Gasteiger partial charge >= 0.3 is 0 Å². The molecule has 0 bridgehead atoms. The fraction of sp³-hybridized carbons (Fsp3) is 0.500. The number of likely N-dealkylation sites (tertiary alicyclic amines) is 1. The van der Waals surface area contributed by atoms with Crippen molar-refractivity contribution in [2.45, 2.75) is 19.4 Å². The molecule has 1 N–H and O–H groups in total. The highest BCUT2D eigenvalue weighted by atomic mass is 16.6. The Balaban J connectivity index is 2.36. The van der Waals surface area contributed by atoms with Gasteiger partial charge in [0.05, 0.1) is 18.1 Å². The van der Waals surface area contributed by atoms with E-state index in [-0.39, 0.29) is 22.9 Å². The summed E-state index contributed by atoms with van der Waals surface area (Å²) in [4.78, 5) is 24.7. The molecule has 7 nitrogen and oxygen atoms in total. The Morgan fingerprint density at radius 1 is 1.52 bits per heavy atom. The van der Waals surface area contributed by atoms with Crippen molar-refractivity contribution in [2.24, 2.45) is 5.92 Å².